The molecule has 1 aliphatic heterocycles. The SMILES string of the molecule is CC(O)CN1CCCC(=O)O1. The lowest BCUT2D eigenvalue weighted by Crippen LogP contribution is -2.37. The smallest absolute Gasteiger partial charge is 0.325 e. The molecule has 0 aromatic carbocycles. The number of aliphatic hydroxyl groups excluding tert-OH is 1. The average Bonchev–Trinajstić information content (AvgIpc) is 1.85. The first-order chi connectivity index (χ1) is 5.18. The lowest BCUT2D eigenvalue weighted by atomic mass is 10.3. The maximum atomic E-state index is 10.7. The van der Waals surface area contributed by atoms with E-state index in [9.17, 15) is 4.79 Å². The van der Waals surface area contributed by atoms with Gasteiger partial charge in [0.05, 0.1) is 12.6 Å². The molecule has 0 radical (unpaired) electrons. The molecule has 11 heavy (non-hydrogen) atoms. The van der Waals surface area contributed by atoms with Gasteiger partial charge in [0.2, 0.25) is 0 Å². The van der Waals surface area contributed by atoms with E-state index in [1.807, 2.05) is 0 Å². The van der Waals surface area contributed by atoms with Gasteiger partial charge >= 0.3 is 5.97 Å². The summed E-state index contributed by atoms with van der Waals surface area (Å²) in [5.41, 5.74) is 0. The maximum absolute atomic E-state index is 10.7. The van der Waals surface area contributed by atoms with Gasteiger partial charge in [0.25, 0.3) is 0 Å². The molecule has 1 fully saturated rings. The van der Waals surface area contributed by atoms with Gasteiger partial charge in [0.1, 0.15) is 0 Å². The fourth-order valence-corrected chi connectivity index (χ4v) is 1.06. The molecule has 1 aliphatic rings. The van der Waals surface area contributed by atoms with E-state index < -0.39 is 6.10 Å². The Hall–Kier alpha value is -0.610. The van der Waals surface area contributed by atoms with Gasteiger partial charge < -0.3 is 9.94 Å². The van der Waals surface area contributed by atoms with Crippen LogP contribution >= 0.6 is 0 Å². The second-order valence-electron chi connectivity index (χ2n) is 2.80. The van der Waals surface area contributed by atoms with Crippen LogP contribution in [0, 0.1) is 0 Å². The van der Waals surface area contributed by atoms with Gasteiger partial charge in [-0.25, -0.2) is 0 Å². The van der Waals surface area contributed by atoms with Crippen molar-refractivity contribution in [2.45, 2.75) is 25.9 Å². The second-order valence-corrected chi connectivity index (χ2v) is 2.80. The van der Waals surface area contributed by atoms with E-state index in [1.54, 1.807) is 6.92 Å². The van der Waals surface area contributed by atoms with Crippen molar-refractivity contribution in [1.29, 1.82) is 0 Å². The molecule has 1 atom stereocenters. The van der Waals surface area contributed by atoms with Gasteiger partial charge in [-0.3, -0.25) is 4.79 Å². The van der Waals surface area contributed by atoms with Crippen molar-refractivity contribution in [2.75, 3.05) is 13.1 Å². The van der Waals surface area contributed by atoms with Gasteiger partial charge in [-0.15, -0.1) is 5.06 Å². The lowest BCUT2D eigenvalue weighted by Gasteiger charge is -2.25. The van der Waals surface area contributed by atoms with Crippen molar-refractivity contribution in [2.24, 2.45) is 0 Å². The Balaban J connectivity index is 2.28. The zero-order valence-corrected chi connectivity index (χ0v) is 6.62. The Bertz CT molecular complexity index is 147. The highest BCUT2D eigenvalue weighted by Crippen LogP contribution is 2.07. The van der Waals surface area contributed by atoms with Crippen LogP contribution in [0.25, 0.3) is 0 Å². The van der Waals surface area contributed by atoms with Crippen molar-refractivity contribution < 1.29 is 14.7 Å². The number of aliphatic hydroxyl groups is 1. The number of hydrogen-bond donors (Lipinski definition) is 1. The zero-order chi connectivity index (χ0) is 8.27. The average molecular weight is 159 g/mol. The molecule has 1 saturated heterocycles. The summed E-state index contributed by atoms with van der Waals surface area (Å²) in [4.78, 5) is 15.5. The normalized spacial score (nSPS) is 22.9. The van der Waals surface area contributed by atoms with Crippen molar-refractivity contribution >= 4 is 5.97 Å². The van der Waals surface area contributed by atoms with Crippen LogP contribution in [0.3, 0.4) is 0 Å². The summed E-state index contributed by atoms with van der Waals surface area (Å²) >= 11 is 0. The fraction of sp³-hybridized carbons (Fsp3) is 0.857. The van der Waals surface area contributed by atoms with Crippen LogP contribution in [0.4, 0.5) is 0 Å². The molecule has 0 bridgehead atoms. The predicted molar refractivity (Wildman–Crippen MR) is 38.6 cm³/mol. The zero-order valence-electron chi connectivity index (χ0n) is 6.62. The maximum Gasteiger partial charge on any atom is 0.325 e. The Kier molecular flexibility index (Phi) is 2.84. The third-order valence-corrected chi connectivity index (χ3v) is 1.49. The molecule has 0 aromatic rings. The number of β-amino-alcohol motifs (C(OH)–C–C–N with tert-alkyl or cyclic N) is 1. The summed E-state index contributed by atoms with van der Waals surface area (Å²) in [7, 11) is 0. The van der Waals surface area contributed by atoms with Crippen molar-refractivity contribution in [3.8, 4) is 0 Å². The lowest BCUT2D eigenvalue weighted by molar-refractivity contribution is -0.205. The number of carbonyl (C=O) groups excluding carboxylic acids is 1. The van der Waals surface area contributed by atoms with E-state index in [0.29, 0.717) is 13.0 Å². The van der Waals surface area contributed by atoms with Gasteiger partial charge in [0.15, 0.2) is 0 Å². The van der Waals surface area contributed by atoms with E-state index in [0.717, 1.165) is 13.0 Å². The Morgan fingerprint density at radius 2 is 2.55 bits per heavy atom. The third-order valence-electron chi connectivity index (χ3n) is 1.49. The predicted octanol–water partition coefficient (Wildman–Crippen LogP) is -0.0788. The van der Waals surface area contributed by atoms with Crippen LogP contribution < -0.4 is 0 Å². The Labute approximate surface area is 65.7 Å². The molecule has 0 aromatic heterocycles. The van der Waals surface area contributed by atoms with E-state index in [1.165, 1.54) is 5.06 Å². The molecule has 4 nitrogen and oxygen atoms in total. The number of carbonyl (C=O) groups is 1. The van der Waals surface area contributed by atoms with Crippen molar-refractivity contribution in [3.05, 3.63) is 0 Å². The van der Waals surface area contributed by atoms with Gasteiger partial charge in [-0.05, 0) is 13.3 Å². The van der Waals surface area contributed by atoms with Crippen LogP contribution in [-0.4, -0.2) is 35.3 Å². The monoisotopic (exact) mass is 159 g/mol. The topological polar surface area (TPSA) is 49.8 Å². The first-order valence-electron chi connectivity index (χ1n) is 3.82. The minimum Gasteiger partial charge on any atom is -0.392 e. The molecule has 0 saturated carbocycles. The van der Waals surface area contributed by atoms with Crippen LogP contribution in [-0.2, 0) is 9.63 Å². The summed E-state index contributed by atoms with van der Waals surface area (Å²) in [6.45, 7) is 2.81. The number of nitrogens with zero attached hydrogens (tertiary/aromatic N) is 1. The van der Waals surface area contributed by atoms with Crippen LogP contribution in [0.15, 0.2) is 0 Å². The van der Waals surface area contributed by atoms with E-state index in [-0.39, 0.29) is 5.97 Å². The molecule has 0 spiro atoms. The first kappa shape index (κ1) is 8.49. The summed E-state index contributed by atoms with van der Waals surface area (Å²) in [6, 6.07) is 0. The molecule has 0 aliphatic carbocycles. The molecule has 1 rings (SSSR count). The van der Waals surface area contributed by atoms with Gasteiger partial charge in [0, 0.05) is 13.0 Å². The number of hydrogen-bond acceptors (Lipinski definition) is 4. The largest absolute Gasteiger partial charge is 0.392 e. The molecule has 1 heterocycles. The molecule has 4 heteroatoms. The highest BCUT2D eigenvalue weighted by molar-refractivity contribution is 5.69. The first-order valence-corrected chi connectivity index (χ1v) is 3.82. The van der Waals surface area contributed by atoms with Crippen LogP contribution in [0.5, 0.6) is 0 Å². The quantitative estimate of drug-likeness (QED) is 0.612. The molecular weight excluding hydrogens is 146 g/mol. The highest BCUT2D eigenvalue weighted by Gasteiger charge is 2.18. The summed E-state index contributed by atoms with van der Waals surface area (Å²) in [5.74, 6) is -0.197. The fourth-order valence-electron chi connectivity index (χ4n) is 1.06. The van der Waals surface area contributed by atoms with Gasteiger partial charge in [-0.2, -0.15) is 0 Å². The molecule has 1 unspecified atom stereocenters. The summed E-state index contributed by atoms with van der Waals surface area (Å²) in [6.07, 6.45) is 0.878. The number of rotatable bonds is 2. The summed E-state index contributed by atoms with van der Waals surface area (Å²) < 4.78 is 0. The highest BCUT2D eigenvalue weighted by atomic mass is 16.7. The van der Waals surface area contributed by atoms with Crippen molar-refractivity contribution in [3.63, 3.8) is 0 Å². The standard InChI is InChI=1S/C7H13NO3/c1-6(9)5-8-4-2-3-7(10)11-8/h6,9H,2-5H2,1H3. The molecule has 64 valence electrons. The summed E-state index contributed by atoms with van der Waals surface area (Å²) in [5, 5.41) is 10.5. The second kappa shape index (κ2) is 3.69. The van der Waals surface area contributed by atoms with E-state index in [4.69, 9.17) is 9.94 Å². The number of hydroxylamine groups is 2. The van der Waals surface area contributed by atoms with E-state index in [2.05, 4.69) is 0 Å². The molecule has 0 amide bonds. The Morgan fingerprint density at radius 1 is 1.82 bits per heavy atom. The van der Waals surface area contributed by atoms with E-state index >= 15 is 0 Å². The minimum atomic E-state index is -0.444. The minimum absolute atomic E-state index is 0.197. The Morgan fingerprint density at radius 3 is 3.09 bits per heavy atom. The van der Waals surface area contributed by atoms with Gasteiger partial charge in [-0.1, -0.05) is 0 Å². The van der Waals surface area contributed by atoms with Crippen LogP contribution in [0.2, 0.25) is 0 Å². The van der Waals surface area contributed by atoms with Crippen molar-refractivity contribution in [1.82, 2.24) is 5.06 Å². The third kappa shape index (κ3) is 2.86. The molecular formula is C7H13NO3. The van der Waals surface area contributed by atoms with Crippen LogP contribution in [0.1, 0.15) is 19.8 Å². The molecule has 1 N–H and O–H groups in total.